The van der Waals surface area contributed by atoms with Crippen molar-refractivity contribution in [2.24, 2.45) is 0 Å². The summed E-state index contributed by atoms with van der Waals surface area (Å²) in [4.78, 5) is 2.38. The second kappa shape index (κ2) is 4.24. The molecule has 0 amide bonds. The molecule has 0 bridgehead atoms. The summed E-state index contributed by atoms with van der Waals surface area (Å²) in [6, 6.07) is 0. The third-order valence-corrected chi connectivity index (χ3v) is 1.65. The predicted molar refractivity (Wildman–Crippen MR) is 50.9 cm³/mol. The summed E-state index contributed by atoms with van der Waals surface area (Å²) < 4.78 is 0.145. The third-order valence-electron chi connectivity index (χ3n) is 1.50. The quantitative estimate of drug-likeness (QED) is 0.618. The Bertz CT molecular complexity index is 81.7. The Morgan fingerprint density at radius 2 is 1.60 bits per heavy atom. The van der Waals surface area contributed by atoms with E-state index in [-0.39, 0.29) is 4.75 Å². The van der Waals surface area contributed by atoms with Gasteiger partial charge in [-0.3, -0.25) is 0 Å². The summed E-state index contributed by atoms with van der Waals surface area (Å²) in [6.07, 6.45) is 0. The standard InChI is InChI=1S/C8H19NS/c1-5-9(6-2)7-8(3,4)10/h10H,5-7H2,1-4H3. The summed E-state index contributed by atoms with van der Waals surface area (Å²) >= 11 is 4.46. The van der Waals surface area contributed by atoms with Gasteiger partial charge < -0.3 is 4.90 Å². The fraction of sp³-hybridized carbons (Fsp3) is 1.00. The van der Waals surface area contributed by atoms with Crippen molar-refractivity contribution in [3.05, 3.63) is 0 Å². The van der Waals surface area contributed by atoms with Gasteiger partial charge in [0, 0.05) is 11.3 Å². The molecule has 0 spiro atoms. The number of rotatable bonds is 4. The van der Waals surface area contributed by atoms with Crippen LogP contribution in [0.15, 0.2) is 0 Å². The highest BCUT2D eigenvalue weighted by Gasteiger charge is 2.14. The molecule has 0 aliphatic rings. The molecule has 2 heteroatoms. The van der Waals surface area contributed by atoms with Crippen molar-refractivity contribution in [1.82, 2.24) is 4.90 Å². The number of thiol groups is 1. The second-order valence-corrected chi connectivity index (χ2v) is 4.48. The fourth-order valence-electron chi connectivity index (χ4n) is 0.994. The summed E-state index contributed by atoms with van der Waals surface area (Å²) in [7, 11) is 0. The van der Waals surface area contributed by atoms with Crippen molar-refractivity contribution in [3.63, 3.8) is 0 Å². The number of hydrogen-bond acceptors (Lipinski definition) is 2. The van der Waals surface area contributed by atoms with Gasteiger partial charge in [-0.05, 0) is 26.9 Å². The minimum Gasteiger partial charge on any atom is -0.303 e. The Hall–Kier alpha value is 0.310. The maximum Gasteiger partial charge on any atom is 0.0200 e. The van der Waals surface area contributed by atoms with Crippen molar-refractivity contribution < 1.29 is 0 Å². The Kier molecular flexibility index (Phi) is 4.37. The van der Waals surface area contributed by atoms with Crippen molar-refractivity contribution in [3.8, 4) is 0 Å². The molecule has 0 aromatic heterocycles. The van der Waals surface area contributed by atoms with Crippen LogP contribution in [-0.2, 0) is 0 Å². The van der Waals surface area contributed by atoms with Crippen LogP contribution in [0.2, 0.25) is 0 Å². The van der Waals surface area contributed by atoms with Gasteiger partial charge in [0.15, 0.2) is 0 Å². The largest absolute Gasteiger partial charge is 0.303 e. The summed E-state index contributed by atoms with van der Waals surface area (Å²) in [5.74, 6) is 0. The molecule has 1 nitrogen and oxygen atoms in total. The van der Waals surface area contributed by atoms with Crippen LogP contribution in [0.1, 0.15) is 27.7 Å². The summed E-state index contributed by atoms with van der Waals surface area (Å²) in [5, 5.41) is 0. The van der Waals surface area contributed by atoms with E-state index in [0.29, 0.717) is 0 Å². The lowest BCUT2D eigenvalue weighted by molar-refractivity contribution is 0.283. The first-order valence-electron chi connectivity index (χ1n) is 3.94. The van der Waals surface area contributed by atoms with E-state index in [0.717, 1.165) is 19.6 Å². The Labute approximate surface area is 70.2 Å². The monoisotopic (exact) mass is 161 g/mol. The van der Waals surface area contributed by atoms with Crippen LogP contribution < -0.4 is 0 Å². The highest BCUT2D eigenvalue weighted by Crippen LogP contribution is 2.12. The topological polar surface area (TPSA) is 3.24 Å². The molecule has 0 unspecified atom stereocenters. The maximum absolute atomic E-state index is 4.46. The second-order valence-electron chi connectivity index (χ2n) is 3.27. The number of nitrogens with zero attached hydrogens (tertiary/aromatic N) is 1. The van der Waals surface area contributed by atoms with Gasteiger partial charge in [0.05, 0.1) is 0 Å². The molecule has 0 aromatic rings. The minimum atomic E-state index is 0.145. The lowest BCUT2D eigenvalue weighted by Gasteiger charge is -2.26. The molecule has 62 valence electrons. The molecule has 0 saturated carbocycles. The van der Waals surface area contributed by atoms with Gasteiger partial charge in [-0.2, -0.15) is 12.6 Å². The van der Waals surface area contributed by atoms with Crippen molar-refractivity contribution in [1.29, 1.82) is 0 Å². The fourth-order valence-corrected chi connectivity index (χ4v) is 1.19. The molecular formula is C8H19NS. The Balaban J connectivity index is 3.63. The van der Waals surface area contributed by atoms with Gasteiger partial charge in [-0.25, -0.2) is 0 Å². The highest BCUT2D eigenvalue weighted by atomic mass is 32.1. The molecule has 0 saturated heterocycles. The molecular weight excluding hydrogens is 142 g/mol. The predicted octanol–water partition coefficient (Wildman–Crippen LogP) is 2.04. The molecule has 0 aliphatic heterocycles. The molecule has 0 aromatic carbocycles. The van der Waals surface area contributed by atoms with E-state index in [2.05, 4.69) is 45.2 Å². The first-order chi connectivity index (χ1) is 4.49. The van der Waals surface area contributed by atoms with Crippen LogP contribution in [0.25, 0.3) is 0 Å². The van der Waals surface area contributed by atoms with E-state index in [1.165, 1.54) is 0 Å². The molecule has 0 heterocycles. The first kappa shape index (κ1) is 10.3. The zero-order valence-electron chi connectivity index (χ0n) is 7.52. The zero-order chi connectivity index (χ0) is 8.20. The van der Waals surface area contributed by atoms with Crippen LogP contribution >= 0.6 is 12.6 Å². The lowest BCUT2D eigenvalue weighted by atomic mass is 10.2. The Morgan fingerprint density at radius 3 is 1.70 bits per heavy atom. The van der Waals surface area contributed by atoms with E-state index in [9.17, 15) is 0 Å². The molecule has 10 heavy (non-hydrogen) atoms. The van der Waals surface area contributed by atoms with Gasteiger partial charge in [0.2, 0.25) is 0 Å². The molecule has 0 atom stereocenters. The average molecular weight is 161 g/mol. The van der Waals surface area contributed by atoms with E-state index in [4.69, 9.17) is 0 Å². The van der Waals surface area contributed by atoms with Crippen LogP contribution in [0.3, 0.4) is 0 Å². The molecule has 0 N–H and O–H groups in total. The van der Waals surface area contributed by atoms with Gasteiger partial charge in [0.25, 0.3) is 0 Å². The van der Waals surface area contributed by atoms with Crippen molar-refractivity contribution in [2.75, 3.05) is 19.6 Å². The molecule has 0 rings (SSSR count). The SMILES string of the molecule is CCN(CC)CC(C)(C)S. The smallest absolute Gasteiger partial charge is 0.0200 e. The maximum atomic E-state index is 4.46. The average Bonchev–Trinajstić information content (AvgIpc) is 1.81. The van der Waals surface area contributed by atoms with Gasteiger partial charge >= 0.3 is 0 Å². The van der Waals surface area contributed by atoms with Crippen LogP contribution in [0.5, 0.6) is 0 Å². The molecule has 0 radical (unpaired) electrons. The Morgan fingerprint density at radius 1 is 1.20 bits per heavy atom. The van der Waals surface area contributed by atoms with E-state index >= 15 is 0 Å². The minimum absolute atomic E-state index is 0.145. The summed E-state index contributed by atoms with van der Waals surface area (Å²) in [6.45, 7) is 12.0. The summed E-state index contributed by atoms with van der Waals surface area (Å²) in [5.41, 5.74) is 0. The highest BCUT2D eigenvalue weighted by molar-refractivity contribution is 7.81. The van der Waals surface area contributed by atoms with Gasteiger partial charge in [-0.1, -0.05) is 13.8 Å². The zero-order valence-corrected chi connectivity index (χ0v) is 8.41. The van der Waals surface area contributed by atoms with E-state index in [1.807, 2.05) is 0 Å². The van der Waals surface area contributed by atoms with E-state index in [1.54, 1.807) is 0 Å². The normalized spacial score (nSPS) is 12.6. The molecule has 0 fully saturated rings. The molecule has 0 aliphatic carbocycles. The van der Waals surface area contributed by atoms with Crippen molar-refractivity contribution in [2.45, 2.75) is 32.4 Å². The third kappa shape index (κ3) is 5.12. The van der Waals surface area contributed by atoms with Crippen LogP contribution in [0.4, 0.5) is 0 Å². The van der Waals surface area contributed by atoms with Crippen molar-refractivity contribution >= 4 is 12.6 Å². The number of hydrogen-bond donors (Lipinski definition) is 1. The van der Waals surface area contributed by atoms with Crippen LogP contribution in [-0.4, -0.2) is 29.3 Å². The van der Waals surface area contributed by atoms with Crippen LogP contribution in [0, 0.1) is 0 Å². The van der Waals surface area contributed by atoms with E-state index < -0.39 is 0 Å². The van der Waals surface area contributed by atoms with Gasteiger partial charge in [-0.15, -0.1) is 0 Å². The van der Waals surface area contributed by atoms with Gasteiger partial charge in [0.1, 0.15) is 0 Å². The first-order valence-corrected chi connectivity index (χ1v) is 4.39. The lowest BCUT2D eigenvalue weighted by Crippen LogP contribution is -2.34.